The minimum Gasteiger partial charge on any atom is -0.493 e. The van der Waals surface area contributed by atoms with Crippen LogP contribution in [0.3, 0.4) is 0 Å². The average Bonchev–Trinajstić information content (AvgIpc) is 2.67. The van der Waals surface area contributed by atoms with Crippen molar-refractivity contribution < 1.29 is 32.2 Å². The minimum atomic E-state index is -4.79. The van der Waals surface area contributed by atoms with E-state index < -0.39 is 47.7 Å². The number of alkyl halides is 3. The molecule has 0 bridgehead atoms. The van der Waals surface area contributed by atoms with Crippen LogP contribution in [0.25, 0.3) is 0 Å². The van der Waals surface area contributed by atoms with E-state index in [1.807, 2.05) is 0 Å². The van der Waals surface area contributed by atoms with Crippen LogP contribution in [0, 0.1) is 34.4 Å². The quantitative estimate of drug-likeness (QED) is 0.694. The highest BCUT2D eigenvalue weighted by Crippen LogP contribution is 2.33. The third-order valence-electron chi connectivity index (χ3n) is 4.12. The molecule has 1 unspecified atom stereocenters. The Hall–Kier alpha value is -3.63. The smallest absolute Gasteiger partial charge is 0.417 e. The van der Waals surface area contributed by atoms with E-state index in [4.69, 9.17) is 15.3 Å². The van der Waals surface area contributed by atoms with Gasteiger partial charge in [-0.2, -0.15) is 23.7 Å². The van der Waals surface area contributed by atoms with Crippen molar-refractivity contribution in [2.75, 3.05) is 11.9 Å². The summed E-state index contributed by atoms with van der Waals surface area (Å²) in [5.74, 6) is -2.86. The van der Waals surface area contributed by atoms with Gasteiger partial charge in [-0.3, -0.25) is 4.79 Å². The number of aliphatic hydroxyl groups is 1. The van der Waals surface area contributed by atoms with E-state index in [1.54, 1.807) is 6.07 Å². The molecule has 0 aromatic heterocycles. The molecule has 0 aliphatic rings. The van der Waals surface area contributed by atoms with Crippen LogP contribution in [0.2, 0.25) is 0 Å². The maximum Gasteiger partial charge on any atom is 0.417 e. The van der Waals surface area contributed by atoms with Gasteiger partial charge >= 0.3 is 6.18 Å². The van der Waals surface area contributed by atoms with Gasteiger partial charge in [0.25, 0.3) is 0 Å². The first-order chi connectivity index (χ1) is 14.1. The van der Waals surface area contributed by atoms with E-state index in [1.165, 1.54) is 25.1 Å². The van der Waals surface area contributed by atoms with E-state index in [-0.39, 0.29) is 17.0 Å². The molecule has 0 saturated carbocycles. The fraction of sp³-hybridized carbons (Fsp3) is 0.250. The number of nitriles is 2. The highest BCUT2D eigenvalue weighted by atomic mass is 19.4. The van der Waals surface area contributed by atoms with Crippen molar-refractivity contribution in [1.82, 2.24) is 0 Å². The van der Waals surface area contributed by atoms with E-state index in [0.29, 0.717) is 6.07 Å². The monoisotopic (exact) mass is 421 g/mol. The fourth-order valence-electron chi connectivity index (χ4n) is 2.49. The number of amides is 1. The van der Waals surface area contributed by atoms with Crippen LogP contribution in [0.15, 0.2) is 36.4 Å². The molecule has 0 aliphatic heterocycles. The van der Waals surface area contributed by atoms with Crippen molar-refractivity contribution in [3.63, 3.8) is 0 Å². The lowest BCUT2D eigenvalue weighted by Crippen LogP contribution is -2.35. The van der Waals surface area contributed by atoms with Gasteiger partial charge in [0, 0.05) is 11.8 Å². The Balaban J connectivity index is 2.16. The third kappa shape index (κ3) is 5.46. The largest absolute Gasteiger partial charge is 0.493 e. The normalized spacial score (nSPS) is 12.9. The maximum absolute atomic E-state index is 13.6. The average molecular weight is 421 g/mol. The molecule has 0 aliphatic carbocycles. The van der Waals surface area contributed by atoms with E-state index in [0.717, 1.165) is 18.2 Å². The van der Waals surface area contributed by atoms with E-state index in [9.17, 15) is 27.5 Å². The van der Waals surface area contributed by atoms with E-state index >= 15 is 0 Å². The molecule has 0 spiro atoms. The first-order valence-electron chi connectivity index (χ1n) is 8.49. The topological polar surface area (TPSA) is 106 Å². The number of anilines is 1. The molecular formula is C20H15F4N3O3. The number of carbonyl (C=O) groups excluding carboxylic acids is 1. The van der Waals surface area contributed by atoms with Crippen LogP contribution >= 0.6 is 0 Å². The summed E-state index contributed by atoms with van der Waals surface area (Å²) in [5.41, 5.74) is -2.23. The molecule has 2 atom stereocenters. The van der Waals surface area contributed by atoms with Crippen LogP contribution < -0.4 is 10.1 Å². The molecule has 0 saturated heterocycles. The Morgan fingerprint density at radius 3 is 2.33 bits per heavy atom. The van der Waals surface area contributed by atoms with Crippen molar-refractivity contribution in [3.8, 4) is 17.9 Å². The number of nitrogens with zero attached hydrogens (tertiary/aromatic N) is 2. The number of halogens is 4. The predicted molar refractivity (Wildman–Crippen MR) is 96.6 cm³/mol. The van der Waals surface area contributed by atoms with Gasteiger partial charge in [0.05, 0.1) is 34.8 Å². The number of aliphatic hydroxyl groups excluding tert-OH is 1. The fourth-order valence-corrected chi connectivity index (χ4v) is 2.49. The number of hydrogen-bond donors (Lipinski definition) is 2. The molecule has 2 aromatic carbocycles. The Labute approximate surface area is 168 Å². The van der Waals surface area contributed by atoms with Crippen molar-refractivity contribution in [2.45, 2.75) is 19.2 Å². The summed E-state index contributed by atoms with van der Waals surface area (Å²) >= 11 is 0. The summed E-state index contributed by atoms with van der Waals surface area (Å²) in [5, 5.41) is 29.6. The molecular weight excluding hydrogens is 406 g/mol. The number of rotatable bonds is 6. The first kappa shape index (κ1) is 22.7. The van der Waals surface area contributed by atoms with Gasteiger partial charge in [-0.1, -0.05) is 0 Å². The van der Waals surface area contributed by atoms with Gasteiger partial charge in [0.15, 0.2) is 0 Å². The molecule has 0 radical (unpaired) electrons. The highest BCUT2D eigenvalue weighted by Gasteiger charge is 2.34. The Kier molecular flexibility index (Phi) is 6.98. The van der Waals surface area contributed by atoms with Crippen LogP contribution in [0.4, 0.5) is 23.2 Å². The van der Waals surface area contributed by atoms with Crippen molar-refractivity contribution in [1.29, 1.82) is 10.5 Å². The van der Waals surface area contributed by atoms with Crippen molar-refractivity contribution in [2.24, 2.45) is 5.92 Å². The van der Waals surface area contributed by atoms with Crippen LogP contribution in [-0.2, 0) is 11.0 Å². The van der Waals surface area contributed by atoms with Crippen LogP contribution in [0.1, 0.15) is 23.6 Å². The zero-order chi connectivity index (χ0) is 22.5. The van der Waals surface area contributed by atoms with Crippen LogP contribution in [-0.4, -0.2) is 23.7 Å². The summed E-state index contributed by atoms with van der Waals surface area (Å²) in [7, 11) is 0. The first-order valence-corrected chi connectivity index (χ1v) is 8.49. The van der Waals surface area contributed by atoms with Gasteiger partial charge in [-0.15, -0.1) is 0 Å². The summed E-state index contributed by atoms with van der Waals surface area (Å²) in [4.78, 5) is 12.4. The molecule has 2 rings (SSSR count). The van der Waals surface area contributed by atoms with Crippen molar-refractivity contribution >= 4 is 11.6 Å². The molecule has 0 fully saturated rings. The van der Waals surface area contributed by atoms with Crippen molar-refractivity contribution in [3.05, 3.63) is 58.9 Å². The zero-order valence-electron chi connectivity index (χ0n) is 15.5. The Morgan fingerprint density at radius 2 is 1.80 bits per heavy atom. The standard InChI is InChI=1S/C20H15F4N3O3/c1-11(28)16(10-30-15-5-3-13(9-26)18(21)7-15)19(29)27-14-4-2-12(8-25)17(6-14)20(22,23)24/h2-7,11,16,28H,10H2,1H3,(H,27,29)/t11?,16-/m1/s1. The lowest BCUT2D eigenvalue weighted by molar-refractivity contribution is -0.137. The summed E-state index contributed by atoms with van der Waals surface area (Å²) < 4.78 is 58.1. The second-order valence-electron chi connectivity index (χ2n) is 6.27. The van der Waals surface area contributed by atoms with E-state index in [2.05, 4.69) is 5.32 Å². The summed E-state index contributed by atoms with van der Waals surface area (Å²) in [6.45, 7) is 0.879. The maximum atomic E-state index is 13.6. The van der Waals surface area contributed by atoms with Crippen LogP contribution in [0.5, 0.6) is 5.75 Å². The lowest BCUT2D eigenvalue weighted by atomic mass is 10.0. The van der Waals surface area contributed by atoms with Gasteiger partial charge in [-0.25, -0.2) is 4.39 Å². The van der Waals surface area contributed by atoms with Gasteiger partial charge < -0.3 is 15.2 Å². The summed E-state index contributed by atoms with van der Waals surface area (Å²) in [6.07, 6.45) is -6.04. The molecule has 0 heterocycles. The van der Waals surface area contributed by atoms with Gasteiger partial charge in [0.1, 0.15) is 24.2 Å². The summed E-state index contributed by atoms with van der Waals surface area (Å²) in [6, 6.07) is 9.15. The van der Waals surface area contributed by atoms with Gasteiger partial charge in [-0.05, 0) is 37.3 Å². The number of nitrogens with one attached hydrogen (secondary N) is 1. The molecule has 156 valence electrons. The molecule has 1 amide bonds. The molecule has 2 N–H and O–H groups in total. The number of carbonyl (C=O) groups is 1. The third-order valence-corrected chi connectivity index (χ3v) is 4.12. The lowest BCUT2D eigenvalue weighted by Gasteiger charge is -2.20. The molecule has 30 heavy (non-hydrogen) atoms. The number of hydrogen-bond acceptors (Lipinski definition) is 5. The molecule has 2 aromatic rings. The van der Waals surface area contributed by atoms with Gasteiger partial charge in [0.2, 0.25) is 5.91 Å². The Morgan fingerprint density at radius 1 is 1.17 bits per heavy atom. The SMILES string of the molecule is CC(O)[C@@H](COc1ccc(C#N)c(F)c1)C(=O)Nc1ccc(C#N)c(C(F)(F)F)c1. The minimum absolute atomic E-state index is 0.00248. The number of ether oxygens (including phenoxy) is 1. The second-order valence-corrected chi connectivity index (χ2v) is 6.27. The molecule has 6 nitrogen and oxygen atoms in total. The number of benzene rings is 2. The predicted octanol–water partition coefficient (Wildman–Crippen LogP) is 3.60. The second kappa shape index (κ2) is 9.25. The zero-order valence-corrected chi connectivity index (χ0v) is 15.5. The molecule has 10 heteroatoms. The highest BCUT2D eigenvalue weighted by molar-refractivity contribution is 5.93. The Bertz CT molecular complexity index is 1020.